The molecule has 0 aliphatic rings. The van der Waals surface area contributed by atoms with Crippen molar-refractivity contribution < 1.29 is 0 Å². The summed E-state index contributed by atoms with van der Waals surface area (Å²) in [7, 11) is 0. The molecule has 0 heterocycles. The number of hydrogen-bond acceptors (Lipinski definition) is 1. The van der Waals surface area contributed by atoms with E-state index in [0.29, 0.717) is 11.8 Å². The van der Waals surface area contributed by atoms with Crippen molar-refractivity contribution in [3.63, 3.8) is 0 Å². The van der Waals surface area contributed by atoms with Gasteiger partial charge in [0.1, 0.15) is 0 Å². The molecule has 0 radical (unpaired) electrons. The second-order valence-corrected chi connectivity index (χ2v) is 3.81. The maximum Gasteiger partial charge on any atom is -0.00271 e. The molecule has 0 amide bonds. The maximum absolute atomic E-state index is 5.48. The fourth-order valence-corrected chi connectivity index (χ4v) is 0.893. The molecule has 2 N–H and O–H groups in total. The summed E-state index contributed by atoms with van der Waals surface area (Å²) in [6, 6.07) is 0. The molecule has 13 heavy (non-hydrogen) atoms. The number of allylic oxidation sites excluding steroid dienone is 5. The molecule has 0 unspecified atom stereocenters. The molecule has 0 saturated heterocycles. The Labute approximate surface area is 82.0 Å². The molecule has 0 atom stereocenters. The van der Waals surface area contributed by atoms with Gasteiger partial charge in [0.15, 0.2) is 0 Å². The van der Waals surface area contributed by atoms with Crippen LogP contribution in [0.5, 0.6) is 0 Å². The molecule has 0 bridgehead atoms. The summed E-state index contributed by atoms with van der Waals surface area (Å²) in [4.78, 5) is 0. The standard InChI is InChI=1S/C12H21N/c1-10(2)7-5-6-8-12(9-13)11(3)4/h5-11H,13H2,1-4H3/b7-5+,8-6-,12-9-. The number of nitrogens with two attached hydrogens (primary N) is 1. The van der Waals surface area contributed by atoms with Gasteiger partial charge in [0.05, 0.1) is 0 Å². The minimum Gasteiger partial charge on any atom is -0.404 e. The van der Waals surface area contributed by atoms with Crippen molar-refractivity contribution in [3.05, 3.63) is 36.1 Å². The maximum atomic E-state index is 5.48. The summed E-state index contributed by atoms with van der Waals surface area (Å²) in [6.45, 7) is 8.59. The molecule has 0 spiro atoms. The van der Waals surface area contributed by atoms with E-state index in [0.717, 1.165) is 0 Å². The van der Waals surface area contributed by atoms with Crippen LogP contribution in [0.3, 0.4) is 0 Å². The zero-order valence-electron chi connectivity index (χ0n) is 9.12. The van der Waals surface area contributed by atoms with Gasteiger partial charge < -0.3 is 5.73 Å². The number of rotatable bonds is 4. The van der Waals surface area contributed by atoms with Crippen molar-refractivity contribution >= 4 is 0 Å². The smallest absolute Gasteiger partial charge is 0.00271 e. The van der Waals surface area contributed by atoms with E-state index < -0.39 is 0 Å². The van der Waals surface area contributed by atoms with Gasteiger partial charge in [-0.05, 0) is 23.6 Å². The third kappa shape index (κ3) is 6.21. The van der Waals surface area contributed by atoms with Crippen molar-refractivity contribution in [2.45, 2.75) is 27.7 Å². The van der Waals surface area contributed by atoms with Crippen molar-refractivity contribution in [1.82, 2.24) is 0 Å². The zero-order valence-corrected chi connectivity index (χ0v) is 9.12. The highest BCUT2D eigenvalue weighted by molar-refractivity contribution is 5.22. The van der Waals surface area contributed by atoms with Crippen LogP contribution in [0.15, 0.2) is 36.1 Å². The Balaban J connectivity index is 4.10. The van der Waals surface area contributed by atoms with Gasteiger partial charge in [-0.3, -0.25) is 0 Å². The predicted octanol–water partition coefficient (Wildman–Crippen LogP) is 3.25. The Morgan fingerprint density at radius 2 is 1.69 bits per heavy atom. The van der Waals surface area contributed by atoms with E-state index in [1.807, 2.05) is 6.08 Å². The SMILES string of the molecule is CC(C)/C=C/C=C\C(=C\N)C(C)C. The molecular weight excluding hydrogens is 158 g/mol. The van der Waals surface area contributed by atoms with Crippen molar-refractivity contribution in [2.75, 3.05) is 0 Å². The highest BCUT2D eigenvalue weighted by Gasteiger charge is 1.95. The van der Waals surface area contributed by atoms with Crippen LogP contribution in [0.4, 0.5) is 0 Å². The zero-order chi connectivity index (χ0) is 10.3. The van der Waals surface area contributed by atoms with E-state index in [4.69, 9.17) is 5.73 Å². The van der Waals surface area contributed by atoms with E-state index in [1.165, 1.54) is 5.57 Å². The summed E-state index contributed by atoms with van der Waals surface area (Å²) < 4.78 is 0. The van der Waals surface area contributed by atoms with Gasteiger partial charge in [-0.15, -0.1) is 0 Å². The average molecular weight is 179 g/mol. The number of hydrogen-bond donors (Lipinski definition) is 1. The summed E-state index contributed by atoms with van der Waals surface area (Å²) in [5.41, 5.74) is 6.65. The van der Waals surface area contributed by atoms with Gasteiger partial charge in [-0.2, -0.15) is 0 Å². The first kappa shape index (κ1) is 12.0. The van der Waals surface area contributed by atoms with Gasteiger partial charge in [0, 0.05) is 0 Å². The molecule has 1 nitrogen and oxygen atoms in total. The first-order valence-electron chi connectivity index (χ1n) is 4.84. The van der Waals surface area contributed by atoms with Crippen LogP contribution in [-0.2, 0) is 0 Å². The topological polar surface area (TPSA) is 26.0 Å². The van der Waals surface area contributed by atoms with Crippen molar-refractivity contribution in [1.29, 1.82) is 0 Å². The molecule has 1 heteroatoms. The highest BCUT2D eigenvalue weighted by Crippen LogP contribution is 2.09. The van der Waals surface area contributed by atoms with Crippen LogP contribution in [0.25, 0.3) is 0 Å². The summed E-state index contributed by atoms with van der Waals surface area (Å²) in [5.74, 6) is 1.10. The van der Waals surface area contributed by atoms with Gasteiger partial charge in [0.2, 0.25) is 0 Å². The van der Waals surface area contributed by atoms with Crippen molar-refractivity contribution in [2.24, 2.45) is 17.6 Å². The first-order chi connectivity index (χ1) is 6.07. The molecule has 0 aromatic heterocycles. The molecule has 0 aromatic rings. The summed E-state index contributed by atoms with van der Waals surface area (Å²) in [6.07, 6.45) is 9.99. The van der Waals surface area contributed by atoms with Crippen LogP contribution >= 0.6 is 0 Å². The van der Waals surface area contributed by atoms with Crippen LogP contribution in [0.2, 0.25) is 0 Å². The van der Waals surface area contributed by atoms with Gasteiger partial charge >= 0.3 is 0 Å². The van der Waals surface area contributed by atoms with E-state index in [2.05, 4.69) is 45.9 Å². The predicted molar refractivity (Wildman–Crippen MR) is 60.2 cm³/mol. The molecule has 0 aliphatic carbocycles. The second kappa shape index (κ2) is 6.53. The van der Waals surface area contributed by atoms with E-state index in [1.54, 1.807) is 6.20 Å². The lowest BCUT2D eigenvalue weighted by atomic mass is 10.0. The first-order valence-corrected chi connectivity index (χ1v) is 4.84. The third-order valence-electron chi connectivity index (χ3n) is 1.75. The molecule has 74 valence electrons. The quantitative estimate of drug-likeness (QED) is 0.659. The second-order valence-electron chi connectivity index (χ2n) is 3.81. The third-order valence-corrected chi connectivity index (χ3v) is 1.75. The molecule has 0 fully saturated rings. The molecule has 0 aliphatic heterocycles. The Kier molecular flexibility index (Phi) is 6.03. The summed E-state index contributed by atoms with van der Waals surface area (Å²) in [5, 5.41) is 0. The molecule has 0 rings (SSSR count). The van der Waals surface area contributed by atoms with Crippen LogP contribution in [0.1, 0.15) is 27.7 Å². The molecule has 0 saturated carbocycles. The lowest BCUT2D eigenvalue weighted by Gasteiger charge is -2.03. The normalized spacial score (nSPS) is 14.2. The Morgan fingerprint density at radius 3 is 2.08 bits per heavy atom. The minimum atomic E-state index is 0.494. The van der Waals surface area contributed by atoms with Gasteiger partial charge in [-0.1, -0.05) is 52.0 Å². The van der Waals surface area contributed by atoms with Crippen LogP contribution < -0.4 is 5.73 Å². The van der Waals surface area contributed by atoms with Crippen LogP contribution in [0, 0.1) is 11.8 Å². The Hall–Kier alpha value is -0.980. The fourth-order valence-electron chi connectivity index (χ4n) is 0.893. The van der Waals surface area contributed by atoms with E-state index in [-0.39, 0.29) is 0 Å². The van der Waals surface area contributed by atoms with Gasteiger partial charge in [-0.25, -0.2) is 0 Å². The largest absolute Gasteiger partial charge is 0.404 e. The van der Waals surface area contributed by atoms with Gasteiger partial charge in [0.25, 0.3) is 0 Å². The molecular formula is C12H21N. The lowest BCUT2D eigenvalue weighted by Crippen LogP contribution is -1.94. The van der Waals surface area contributed by atoms with E-state index in [9.17, 15) is 0 Å². The monoisotopic (exact) mass is 179 g/mol. The molecule has 0 aromatic carbocycles. The van der Waals surface area contributed by atoms with Crippen LogP contribution in [-0.4, -0.2) is 0 Å². The summed E-state index contributed by atoms with van der Waals surface area (Å²) >= 11 is 0. The fraction of sp³-hybridized carbons (Fsp3) is 0.500. The Bertz CT molecular complexity index is 207. The highest BCUT2D eigenvalue weighted by atomic mass is 14.5. The van der Waals surface area contributed by atoms with E-state index >= 15 is 0 Å². The Morgan fingerprint density at radius 1 is 1.08 bits per heavy atom. The lowest BCUT2D eigenvalue weighted by molar-refractivity contribution is 0.788. The van der Waals surface area contributed by atoms with Crippen molar-refractivity contribution in [3.8, 4) is 0 Å². The minimum absolute atomic E-state index is 0.494. The average Bonchev–Trinajstić information content (AvgIpc) is 2.03.